The van der Waals surface area contributed by atoms with Crippen molar-refractivity contribution in [2.75, 3.05) is 18.9 Å². The zero-order valence-electron chi connectivity index (χ0n) is 14.5. The lowest BCUT2D eigenvalue weighted by molar-refractivity contribution is -0.131. The number of benzene rings is 1. The van der Waals surface area contributed by atoms with E-state index >= 15 is 0 Å². The first-order valence-electron chi connectivity index (χ1n) is 7.89. The van der Waals surface area contributed by atoms with Gasteiger partial charge in [-0.05, 0) is 31.0 Å². The number of hydrogen-bond acceptors (Lipinski definition) is 5. The summed E-state index contributed by atoms with van der Waals surface area (Å²) in [4.78, 5) is 47.9. The molecule has 0 aliphatic heterocycles. The maximum Gasteiger partial charge on any atom is 0.261 e. The van der Waals surface area contributed by atoms with Gasteiger partial charge in [0, 0.05) is 31.3 Å². The third-order valence-electron chi connectivity index (χ3n) is 3.79. The van der Waals surface area contributed by atoms with Gasteiger partial charge in [-0.15, -0.1) is 6.58 Å². The van der Waals surface area contributed by atoms with Crippen LogP contribution in [0.25, 0.3) is 0 Å². The van der Waals surface area contributed by atoms with Gasteiger partial charge in [0.2, 0.25) is 12.3 Å². The maximum absolute atomic E-state index is 12.8. The van der Waals surface area contributed by atoms with Crippen LogP contribution >= 0.6 is 0 Å². The Morgan fingerprint density at radius 2 is 2.04 bits per heavy atom. The predicted molar refractivity (Wildman–Crippen MR) is 95.3 cm³/mol. The molecule has 1 aromatic carbocycles. The lowest BCUT2D eigenvalue weighted by Crippen LogP contribution is -2.48. The number of hydrogen-bond donors (Lipinski definition) is 2. The van der Waals surface area contributed by atoms with Crippen molar-refractivity contribution in [1.82, 2.24) is 10.2 Å². The fourth-order valence-electron chi connectivity index (χ4n) is 2.43. The molecule has 0 radical (unpaired) electrons. The number of anilines is 1. The molecule has 0 saturated carbocycles. The molecule has 1 aromatic rings. The van der Waals surface area contributed by atoms with Gasteiger partial charge in [0.1, 0.15) is 12.3 Å². The van der Waals surface area contributed by atoms with Crippen molar-refractivity contribution in [2.24, 2.45) is 0 Å². The summed E-state index contributed by atoms with van der Waals surface area (Å²) in [6, 6.07) is 4.05. The van der Waals surface area contributed by atoms with Crippen molar-refractivity contribution in [2.45, 2.75) is 25.8 Å². The second-order valence-electron chi connectivity index (χ2n) is 5.34. The van der Waals surface area contributed by atoms with Gasteiger partial charge < -0.3 is 15.4 Å². The number of carbonyl (C=O) groups excluding carboxylic acids is 4. The molecule has 7 nitrogen and oxygen atoms in total. The fourth-order valence-corrected chi connectivity index (χ4v) is 2.43. The topological polar surface area (TPSA) is 95.6 Å². The third kappa shape index (κ3) is 5.00. The Morgan fingerprint density at radius 1 is 1.32 bits per heavy atom. The normalized spacial score (nSPS) is 11.1. The molecule has 1 unspecified atom stereocenters. The van der Waals surface area contributed by atoms with Crippen molar-refractivity contribution in [1.29, 1.82) is 0 Å². The van der Waals surface area contributed by atoms with E-state index in [4.69, 9.17) is 0 Å². The second-order valence-corrected chi connectivity index (χ2v) is 5.34. The highest BCUT2D eigenvalue weighted by atomic mass is 16.2. The van der Waals surface area contributed by atoms with E-state index in [2.05, 4.69) is 17.2 Å². The molecule has 134 valence electrons. The molecule has 0 heterocycles. The largest absolute Gasteiger partial charge is 0.381 e. The van der Waals surface area contributed by atoms with Crippen LogP contribution in [0.3, 0.4) is 0 Å². The Balaban J connectivity index is 3.19. The average molecular weight is 345 g/mol. The van der Waals surface area contributed by atoms with Crippen molar-refractivity contribution < 1.29 is 19.2 Å². The first kappa shape index (κ1) is 20.1. The van der Waals surface area contributed by atoms with Gasteiger partial charge in [-0.25, -0.2) is 0 Å². The van der Waals surface area contributed by atoms with Gasteiger partial charge in [-0.1, -0.05) is 12.1 Å². The van der Waals surface area contributed by atoms with Crippen LogP contribution in [0, 0.1) is 6.92 Å². The smallest absolute Gasteiger partial charge is 0.261 e. The molecule has 2 N–H and O–H groups in total. The van der Waals surface area contributed by atoms with E-state index in [9.17, 15) is 19.2 Å². The number of nitrogens with one attached hydrogen (secondary N) is 2. The zero-order chi connectivity index (χ0) is 18.8. The van der Waals surface area contributed by atoms with Crippen LogP contribution in [0.5, 0.6) is 0 Å². The van der Waals surface area contributed by atoms with Crippen LogP contribution in [0.1, 0.15) is 28.8 Å². The lowest BCUT2D eigenvalue weighted by Gasteiger charge is -2.25. The Labute approximate surface area is 147 Å². The standard InChI is InChI=1S/C18H23N3O4/c1-4-10-20-15-8-5-7-14(13(15)2)18(25)21(12-23)16(9-6-11-22)17(24)19-3/h4-5,7-8,11-12,16,20H,1,6,9-10H2,2-3H3,(H,19,24). The van der Waals surface area contributed by atoms with Crippen LogP contribution in [0.15, 0.2) is 30.9 Å². The van der Waals surface area contributed by atoms with E-state index in [1.165, 1.54) is 7.05 Å². The summed E-state index contributed by atoms with van der Waals surface area (Å²) in [7, 11) is 1.41. The van der Waals surface area contributed by atoms with Crippen LogP contribution in [-0.4, -0.2) is 49.0 Å². The Bertz CT molecular complexity index is 658. The Morgan fingerprint density at radius 3 is 2.60 bits per heavy atom. The number of carbonyl (C=O) groups is 4. The molecule has 7 heteroatoms. The quantitative estimate of drug-likeness (QED) is 0.492. The number of nitrogens with zero attached hydrogens (tertiary/aromatic N) is 1. The summed E-state index contributed by atoms with van der Waals surface area (Å²) in [5.74, 6) is -1.09. The number of rotatable bonds is 10. The lowest BCUT2D eigenvalue weighted by atomic mass is 10.0. The van der Waals surface area contributed by atoms with Crippen molar-refractivity contribution in [3.05, 3.63) is 42.0 Å². The van der Waals surface area contributed by atoms with E-state index < -0.39 is 17.9 Å². The molecular formula is C18H23N3O4. The Hall–Kier alpha value is -2.96. The molecule has 3 amide bonds. The minimum atomic E-state index is -1.04. The maximum atomic E-state index is 12.8. The van der Waals surface area contributed by atoms with E-state index in [0.717, 1.165) is 10.6 Å². The SMILES string of the molecule is C=CCNc1cccc(C(=O)N(C=O)C(CCC=O)C(=O)NC)c1C. The molecule has 0 aromatic heterocycles. The van der Waals surface area contributed by atoms with Gasteiger partial charge in [-0.3, -0.25) is 19.3 Å². The highest BCUT2D eigenvalue weighted by Gasteiger charge is 2.30. The van der Waals surface area contributed by atoms with Gasteiger partial charge in [0.25, 0.3) is 5.91 Å². The summed E-state index contributed by atoms with van der Waals surface area (Å²) in [6.07, 6.45) is 2.80. The highest BCUT2D eigenvalue weighted by molar-refractivity contribution is 6.04. The molecule has 0 aliphatic carbocycles. The average Bonchev–Trinajstić information content (AvgIpc) is 2.63. The number of amides is 3. The van der Waals surface area contributed by atoms with Crippen LogP contribution in [0.2, 0.25) is 0 Å². The van der Waals surface area contributed by atoms with Gasteiger partial charge in [-0.2, -0.15) is 0 Å². The summed E-state index contributed by atoms with van der Waals surface area (Å²) in [5, 5.41) is 5.53. The fraction of sp³-hybridized carbons (Fsp3) is 0.333. The predicted octanol–water partition coefficient (Wildman–Crippen LogP) is 1.29. The van der Waals surface area contributed by atoms with Crippen LogP contribution in [0.4, 0.5) is 5.69 Å². The Kier molecular flexibility index (Phi) is 8.05. The van der Waals surface area contributed by atoms with E-state index in [-0.39, 0.29) is 12.8 Å². The molecule has 0 saturated heterocycles. The van der Waals surface area contributed by atoms with Crippen molar-refractivity contribution in [3.63, 3.8) is 0 Å². The molecule has 25 heavy (non-hydrogen) atoms. The van der Waals surface area contributed by atoms with Crippen LogP contribution in [-0.2, 0) is 14.4 Å². The van der Waals surface area contributed by atoms with E-state index in [1.807, 2.05) is 6.07 Å². The minimum Gasteiger partial charge on any atom is -0.381 e. The summed E-state index contributed by atoms with van der Waals surface area (Å²) in [6.45, 7) is 5.90. The van der Waals surface area contributed by atoms with Gasteiger partial charge in [0.05, 0.1) is 0 Å². The van der Waals surface area contributed by atoms with Gasteiger partial charge in [0.15, 0.2) is 0 Å². The highest BCUT2D eigenvalue weighted by Crippen LogP contribution is 2.21. The molecule has 1 rings (SSSR count). The molecule has 0 bridgehead atoms. The third-order valence-corrected chi connectivity index (χ3v) is 3.79. The molecule has 0 fully saturated rings. The molecular weight excluding hydrogens is 322 g/mol. The zero-order valence-corrected chi connectivity index (χ0v) is 14.5. The first-order valence-corrected chi connectivity index (χ1v) is 7.89. The number of aldehydes is 1. The second kappa shape index (κ2) is 10.0. The summed E-state index contributed by atoms with van der Waals surface area (Å²) < 4.78 is 0. The van der Waals surface area contributed by atoms with Gasteiger partial charge >= 0.3 is 0 Å². The summed E-state index contributed by atoms with van der Waals surface area (Å²) >= 11 is 0. The molecule has 0 spiro atoms. The monoisotopic (exact) mass is 345 g/mol. The van der Waals surface area contributed by atoms with E-state index in [0.29, 0.717) is 30.4 Å². The van der Waals surface area contributed by atoms with Crippen molar-refractivity contribution >= 4 is 30.2 Å². The first-order chi connectivity index (χ1) is 12.0. The van der Waals surface area contributed by atoms with E-state index in [1.54, 1.807) is 25.1 Å². The van der Waals surface area contributed by atoms with Crippen molar-refractivity contribution in [3.8, 4) is 0 Å². The number of imide groups is 1. The summed E-state index contributed by atoms with van der Waals surface area (Å²) in [5.41, 5.74) is 1.70. The minimum absolute atomic E-state index is 0.0651. The van der Waals surface area contributed by atoms with Crippen LogP contribution < -0.4 is 10.6 Å². The molecule has 0 aliphatic rings. The molecule has 1 atom stereocenters. The number of likely N-dealkylation sites (N-methyl/N-ethyl adjacent to an activating group) is 1.